The second-order valence-electron chi connectivity index (χ2n) is 15.5. The largest absolute Gasteiger partial charge is 0.472 e. The summed E-state index contributed by atoms with van der Waals surface area (Å²) in [6.45, 7) is 3.90. The number of aliphatic hydroxyl groups is 1. The Bertz CT molecular complexity index is 1460. The third-order valence-corrected chi connectivity index (χ3v) is 9.58. The fourth-order valence-corrected chi connectivity index (χ4v) is 5.80. The lowest BCUT2D eigenvalue weighted by Gasteiger charge is -2.24. The minimum absolute atomic E-state index is 0.0218. The van der Waals surface area contributed by atoms with Gasteiger partial charge in [-0.2, -0.15) is 0 Å². The standard InChI is InChI=1S/C50H80NO9P/c1-6-8-10-12-14-16-18-20-22-24-26-28-30-32-34-36-38-40-50(54)60-48(46-59-61(55,56)58-44-43-51(3,4)5)45-57-49(53)42-41-47(52)39-37-35-33-31-29-27-25-23-21-19-17-15-13-11-9-7-2/h9,11,14-17,20-23,26-29,32-35,37,39,47-48,52H,6-8,10,12-13,18-19,24-25,30-31,36,38,40-46H2,1-5H3/p+1/b11-9-,16-14-,17-15-,22-20-,23-21-,28-26-,29-27-,34-32-,35-33-,39-37-/t47?,48-/m1/s1. The predicted octanol–water partition coefficient (Wildman–Crippen LogP) is 11.9. The molecule has 0 spiro atoms. The number of esters is 2. The van der Waals surface area contributed by atoms with Gasteiger partial charge in [-0.15, -0.1) is 0 Å². The van der Waals surface area contributed by atoms with Gasteiger partial charge in [0.25, 0.3) is 0 Å². The SMILES string of the molecule is CC/C=C\C/C=C\C/C=C\C/C=C\C/C=C\C=C/C(O)CCC(=O)OC[C@H](COP(=O)(O)OCC[N+](C)(C)C)OC(=O)CCC/C=C\C/C=C\C/C=C\C/C=C\CCCCC. The number of rotatable bonds is 38. The Morgan fingerprint density at radius 2 is 1.11 bits per heavy atom. The van der Waals surface area contributed by atoms with Crippen LogP contribution in [0.15, 0.2) is 122 Å². The second-order valence-corrected chi connectivity index (χ2v) is 17.0. The summed E-state index contributed by atoms with van der Waals surface area (Å²) >= 11 is 0. The number of phosphoric ester groups is 1. The van der Waals surface area contributed by atoms with Gasteiger partial charge in [-0.1, -0.05) is 148 Å². The zero-order chi connectivity index (χ0) is 45.1. The summed E-state index contributed by atoms with van der Waals surface area (Å²) in [6.07, 6.45) is 53.0. The van der Waals surface area contributed by atoms with Crippen LogP contribution in [0.5, 0.6) is 0 Å². The number of hydrogen-bond acceptors (Lipinski definition) is 8. The third kappa shape index (κ3) is 44.2. The summed E-state index contributed by atoms with van der Waals surface area (Å²) in [4.78, 5) is 35.4. The second kappa shape index (κ2) is 40.4. The Morgan fingerprint density at radius 3 is 1.64 bits per heavy atom. The molecule has 0 saturated heterocycles. The monoisotopic (exact) mass is 871 g/mol. The lowest BCUT2D eigenvalue weighted by Crippen LogP contribution is -2.37. The van der Waals surface area contributed by atoms with Crippen molar-refractivity contribution in [2.75, 3.05) is 47.5 Å². The van der Waals surface area contributed by atoms with Crippen molar-refractivity contribution in [3.05, 3.63) is 122 Å². The highest BCUT2D eigenvalue weighted by Crippen LogP contribution is 2.43. The topological polar surface area (TPSA) is 129 Å². The fraction of sp³-hybridized carbons (Fsp3) is 0.560. The average Bonchev–Trinajstić information content (AvgIpc) is 3.21. The van der Waals surface area contributed by atoms with Gasteiger partial charge in [-0.3, -0.25) is 18.6 Å². The number of nitrogens with zero attached hydrogens (tertiary/aromatic N) is 1. The lowest BCUT2D eigenvalue weighted by atomic mass is 10.2. The van der Waals surface area contributed by atoms with Crippen LogP contribution >= 0.6 is 7.82 Å². The molecule has 0 aromatic carbocycles. The predicted molar refractivity (Wildman–Crippen MR) is 253 cm³/mol. The van der Waals surface area contributed by atoms with Crippen LogP contribution in [0.1, 0.15) is 123 Å². The molecule has 344 valence electrons. The van der Waals surface area contributed by atoms with Crippen molar-refractivity contribution in [1.82, 2.24) is 0 Å². The number of likely N-dealkylation sites (N-methyl/N-ethyl adjacent to an activating group) is 1. The highest BCUT2D eigenvalue weighted by atomic mass is 31.2. The number of allylic oxidation sites excluding steroid dienone is 19. The van der Waals surface area contributed by atoms with Gasteiger partial charge in [0, 0.05) is 12.8 Å². The molecule has 2 unspecified atom stereocenters. The Balaban J connectivity index is 4.70. The highest BCUT2D eigenvalue weighted by Gasteiger charge is 2.27. The molecule has 0 rings (SSSR count). The van der Waals surface area contributed by atoms with E-state index in [-0.39, 0.29) is 32.5 Å². The minimum Gasteiger partial charge on any atom is -0.462 e. The number of phosphoric acid groups is 1. The molecule has 0 aliphatic heterocycles. The van der Waals surface area contributed by atoms with E-state index in [0.717, 1.165) is 57.8 Å². The molecule has 0 amide bonds. The van der Waals surface area contributed by atoms with Crippen molar-refractivity contribution in [3.63, 3.8) is 0 Å². The van der Waals surface area contributed by atoms with Crippen LogP contribution < -0.4 is 0 Å². The van der Waals surface area contributed by atoms with Gasteiger partial charge in [0.15, 0.2) is 6.10 Å². The van der Waals surface area contributed by atoms with Gasteiger partial charge in [0.05, 0.1) is 33.9 Å². The maximum Gasteiger partial charge on any atom is 0.472 e. The molecule has 0 aromatic rings. The summed E-state index contributed by atoms with van der Waals surface area (Å²) in [5.41, 5.74) is 0. The number of hydrogen-bond donors (Lipinski definition) is 2. The number of unbranched alkanes of at least 4 members (excludes halogenated alkanes) is 4. The molecule has 61 heavy (non-hydrogen) atoms. The Labute approximate surface area is 370 Å². The van der Waals surface area contributed by atoms with E-state index in [2.05, 4.69) is 105 Å². The molecule has 0 heterocycles. The molecule has 11 heteroatoms. The molecule has 0 aliphatic rings. The first kappa shape index (κ1) is 57.4. The maximum absolute atomic E-state index is 12.7. The van der Waals surface area contributed by atoms with E-state index in [9.17, 15) is 24.2 Å². The molecule has 0 bridgehead atoms. The summed E-state index contributed by atoms with van der Waals surface area (Å²) in [6, 6.07) is 0. The van der Waals surface area contributed by atoms with Crippen molar-refractivity contribution >= 4 is 19.8 Å². The summed E-state index contributed by atoms with van der Waals surface area (Å²) < 4.78 is 34.0. The van der Waals surface area contributed by atoms with Gasteiger partial charge < -0.3 is 24.0 Å². The van der Waals surface area contributed by atoms with Crippen molar-refractivity contribution in [2.24, 2.45) is 0 Å². The summed E-state index contributed by atoms with van der Waals surface area (Å²) in [7, 11) is 1.30. The molecular weight excluding hydrogens is 790 g/mol. The molecule has 0 fully saturated rings. The van der Waals surface area contributed by atoms with Gasteiger partial charge in [-0.25, -0.2) is 4.57 Å². The van der Waals surface area contributed by atoms with Crippen LogP contribution in [0.3, 0.4) is 0 Å². The number of aliphatic hydroxyl groups excluding tert-OH is 1. The first-order valence-electron chi connectivity index (χ1n) is 22.4. The minimum atomic E-state index is -4.46. The zero-order valence-electron chi connectivity index (χ0n) is 38.2. The van der Waals surface area contributed by atoms with Gasteiger partial charge in [-0.05, 0) is 83.5 Å². The molecule has 3 atom stereocenters. The van der Waals surface area contributed by atoms with E-state index >= 15 is 0 Å². The molecule has 0 radical (unpaired) electrons. The van der Waals surface area contributed by atoms with Crippen molar-refractivity contribution < 1.29 is 47.2 Å². The van der Waals surface area contributed by atoms with Crippen LogP contribution in [-0.2, 0) is 32.7 Å². The fourth-order valence-electron chi connectivity index (χ4n) is 5.05. The summed E-state index contributed by atoms with van der Waals surface area (Å²) in [5.74, 6) is -1.16. The average molecular weight is 871 g/mol. The van der Waals surface area contributed by atoms with Crippen molar-refractivity contribution in [1.29, 1.82) is 0 Å². The van der Waals surface area contributed by atoms with Crippen LogP contribution in [-0.4, -0.2) is 86.1 Å². The Morgan fingerprint density at radius 1 is 0.607 bits per heavy atom. The Hall–Kier alpha value is -3.63. The van der Waals surface area contributed by atoms with Crippen molar-refractivity contribution in [2.45, 2.75) is 135 Å². The van der Waals surface area contributed by atoms with Crippen LogP contribution in [0.4, 0.5) is 0 Å². The molecule has 0 aromatic heterocycles. The Kier molecular flexibility index (Phi) is 38.0. The van der Waals surface area contributed by atoms with Crippen molar-refractivity contribution in [3.8, 4) is 0 Å². The summed E-state index contributed by atoms with van der Waals surface area (Å²) in [5, 5.41) is 10.3. The third-order valence-electron chi connectivity index (χ3n) is 8.59. The molecule has 0 saturated carbocycles. The molecular formula is C50H81NO9P+. The quantitative estimate of drug-likeness (QED) is 0.0156. The van der Waals surface area contributed by atoms with Gasteiger partial charge in [0.1, 0.15) is 19.8 Å². The number of ether oxygens (including phenoxy) is 2. The number of carbonyl (C=O) groups is 2. The van der Waals surface area contributed by atoms with E-state index < -0.39 is 38.6 Å². The van der Waals surface area contributed by atoms with E-state index in [4.69, 9.17) is 18.5 Å². The first-order valence-corrected chi connectivity index (χ1v) is 23.9. The molecule has 10 nitrogen and oxygen atoms in total. The maximum atomic E-state index is 12.7. The normalized spacial score (nSPS) is 15.2. The van der Waals surface area contributed by atoms with Gasteiger partial charge in [0.2, 0.25) is 0 Å². The molecule has 0 aliphatic carbocycles. The van der Waals surface area contributed by atoms with E-state index in [1.807, 2.05) is 39.4 Å². The molecule has 2 N–H and O–H groups in total. The van der Waals surface area contributed by atoms with Crippen LogP contribution in [0.2, 0.25) is 0 Å². The lowest BCUT2D eigenvalue weighted by molar-refractivity contribution is -0.870. The van der Waals surface area contributed by atoms with Gasteiger partial charge >= 0.3 is 19.8 Å². The number of quaternary nitrogens is 1. The first-order chi connectivity index (χ1) is 29.4. The smallest absolute Gasteiger partial charge is 0.462 e. The number of carbonyl (C=O) groups excluding carboxylic acids is 2. The van der Waals surface area contributed by atoms with Crippen LogP contribution in [0.25, 0.3) is 0 Å². The van der Waals surface area contributed by atoms with E-state index in [1.54, 1.807) is 12.2 Å². The zero-order valence-corrected chi connectivity index (χ0v) is 39.1. The van der Waals surface area contributed by atoms with E-state index in [0.29, 0.717) is 23.9 Å². The highest BCUT2D eigenvalue weighted by molar-refractivity contribution is 7.47. The van der Waals surface area contributed by atoms with Crippen LogP contribution in [0, 0.1) is 0 Å². The van der Waals surface area contributed by atoms with E-state index in [1.165, 1.54) is 19.3 Å².